The van der Waals surface area contributed by atoms with Crippen LogP contribution in [0.1, 0.15) is 110 Å². The molecule has 0 saturated heterocycles. The monoisotopic (exact) mass is 436 g/mol. The predicted molar refractivity (Wildman–Crippen MR) is 125 cm³/mol. The van der Waals surface area contributed by atoms with Gasteiger partial charge in [-0.15, -0.1) is 6.42 Å². The quantitative estimate of drug-likeness (QED) is 0.212. The molecule has 0 aliphatic heterocycles. The summed E-state index contributed by atoms with van der Waals surface area (Å²) in [6, 6.07) is 0. The van der Waals surface area contributed by atoms with Crippen LogP contribution in [0.2, 0.25) is 0 Å². The molecule has 0 aromatic heterocycles. The van der Waals surface area contributed by atoms with Gasteiger partial charge in [0, 0.05) is 0 Å². The second-order valence-corrected chi connectivity index (χ2v) is 11.0. The highest BCUT2D eigenvalue weighted by Gasteiger charge is 2.43. The van der Waals surface area contributed by atoms with Crippen molar-refractivity contribution in [3.63, 3.8) is 0 Å². The minimum Gasteiger partial charge on any atom is -0.359 e. The Bertz CT molecular complexity index is 542. The highest BCUT2D eigenvalue weighted by molar-refractivity contribution is 4.97. The van der Waals surface area contributed by atoms with Crippen molar-refractivity contribution in [2.75, 3.05) is 0 Å². The van der Waals surface area contributed by atoms with E-state index in [1.165, 1.54) is 38.5 Å². The largest absolute Gasteiger partial charge is 0.359 e. The third-order valence-electron chi connectivity index (χ3n) is 8.84. The van der Waals surface area contributed by atoms with Crippen molar-refractivity contribution < 1.29 is 13.5 Å². The van der Waals surface area contributed by atoms with Crippen LogP contribution < -0.4 is 0 Å². The van der Waals surface area contributed by atoms with Gasteiger partial charge in [0.2, 0.25) is 0 Å². The Morgan fingerprint density at radius 1 is 0.839 bits per heavy atom. The maximum atomic E-state index is 15.4. The normalized spacial score (nSPS) is 40.6. The third kappa shape index (κ3) is 6.93. The Morgan fingerprint density at radius 2 is 1.45 bits per heavy atom. The molecule has 5 atom stereocenters. The van der Waals surface area contributed by atoms with Crippen LogP contribution in [0, 0.1) is 41.9 Å². The maximum absolute atomic E-state index is 15.4. The van der Waals surface area contributed by atoms with Gasteiger partial charge in [-0.1, -0.05) is 51.9 Å². The second-order valence-electron chi connectivity index (χ2n) is 11.0. The molecule has 0 bridgehead atoms. The number of hydrogen-bond acceptors (Lipinski definition) is 1. The molecule has 3 fully saturated rings. The van der Waals surface area contributed by atoms with E-state index in [2.05, 4.69) is 19.8 Å². The molecule has 31 heavy (non-hydrogen) atoms. The molecule has 3 saturated carbocycles. The van der Waals surface area contributed by atoms with E-state index in [1.54, 1.807) is 0 Å². The number of halogens is 2. The minimum absolute atomic E-state index is 0.139. The average molecular weight is 437 g/mol. The van der Waals surface area contributed by atoms with Crippen LogP contribution in [0.3, 0.4) is 0 Å². The fourth-order valence-corrected chi connectivity index (χ4v) is 6.74. The van der Waals surface area contributed by atoms with Gasteiger partial charge in [-0.2, -0.15) is 0 Å². The van der Waals surface area contributed by atoms with E-state index in [9.17, 15) is 0 Å². The molecule has 0 amide bonds. The van der Waals surface area contributed by atoms with Gasteiger partial charge in [0.15, 0.2) is 6.17 Å². The molecule has 3 aliphatic carbocycles. The first-order chi connectivity index (χ1) is 15.0. The standard InChI is InChI=1S/C28H46F2O/c1-4-6-7-9-24(5-2)31-26-11-8-10-25(27(29)28(26)30)23-18-16-22(17-19-23)21-14-12-20(3)13-15-21/h2,20-28H,4,6-19H2,1,3H3. The third-order valence-corrected chi connectivity index (χ3v) is 8.84. The van der Waals surface area contributed by atoms with Gasteiger partial charge in [0.05, 0.1) is 6.10 Å². The lowest BCUT2D eigenvalue weighted by molar-refractivity contribution is -0.0645. The molecule has 0 aromatic carbocycles. The summed E-state index contributed by atoms with van der Waals surface area (Å²) in [5.74, 6) is 5.47. The Labute approximate surface area is 190 Å². The van der Waals surface area contributed by atoms with Crippen molar-refractivity contribution in [3.05, 3.63) is 0 Å². The first-order valence-corrected chi connectivity index (χ1v) is 13.4. The molecule has 0 spiro atoms. The molecule has 0 radical (unpaired) electrons. The van der Waals surface area contributed by atoms with E-state index < -0.39 is 18.4 Å². The first kappa shape index (κ1) is 25.0. The number of alkyl halides is 2. The van der Waals surface area contributed by atoms with Crippen molar-refractivity contribution in [2.24, 2.45) is 29.6 Å². The van der Waals surface area contributed by atoms with Gasteiger partial charge >= 0.3 is 0 Å². The summed E-state index contributed by atoms with van der Waals surface area (Å²) in [4.78, 5) is 0. The molecule has 0 aromatic rings. The number of unbranched alkanes of at least 4 members (excludes halogenated alkanes) is 2. The SMILES string of the molecule is C#CC(CCCCC)OC1CCCC(C2CCC(C3CCC(C)CC3)CC2)C(F)C1F. The van der Waals surface area contributed by atoms with Crippen LogP contribution in [0.25, 0.3) is 0 Å². The van der Waals surface area contributed by atoms with Gasteiger partial charge in [0.25, 0.3) is 0 Å². The van der Waals surface area contributed by atoms with E-state index in [0.29, 0.717) is 12.3 Å². The molecule has 3 aliphatic rings. The van der Waals surface area contributed by atoms with Crippen molar-refractivity contribution >= 4 is 0 Å². The summed E-state index contributed by atoms with van der Waals surface area (Å²) in [6.45, 7) is 4.52. The zero-order valence-corrected chi connectivity index (χ0v) is 20.0. The van der Waals surface area contributed by atoms with Gasteiger partial charge in [-0.05, 0) is 93.8 Å². The smallest absolute Gasteiger partial charge is 0.157 e. The lowest BCUT2D eigenvalue weighted by Gasteiger charge is -2.40. The fraction of sp³-hybridized carbons (Fsp3) is 0.929. The molecule has 3 heteroatoms. The number of ether oxygens (including phenoxy) is 1. The van der Waals surface area contributed by atoms with Crippen LogP contribution in [0.5, 0.6) is 0 Å². The van der Waals surface area contributed by atoms with Crippen LogP contribution in [-0.2, 0) is 4.74 Å². The predicted octanol–water partition coefficient (Wildman–Crippen LogP) is 8.06. The zero-order valence-electron chi connectivity index (χ0n) is 20.0. The molecule has 5 unspecified atom stereocenters. The Morgan fingerprint density at radius 3 is 2.06 bits per heavy atom. The highest BCUT2D eigenvalue weighted by atomic mass is 19.2. The highest BCUT2D eigenvalue weighted by Crippen LogP contribution is 2.46. The summed E-state index contributed by atoms with van der Waals surface area (Å²) in [5, 5.41) is 0. The van der Waals surface area contributed by atoms with E-state index >= 15 is 8.78 Å². The maximum Gasteiger partial charge on any atom is 0.157 e. The van der Waals surface area contributed by atoms with E-state index in [-0.39, 0.29) is 12.0 Å². The topological polar surface area (TPSA) is 9.23 Å². The lowest BCUT2D eigenvalue weighted by Crippen LogP contribution is -2.40. The van der Waals surface area contributed by atoms with Gasteiger partial charge < -0.3 is 4.74 Å². The van der Waals surface area contributed by atoms with Crippen LogP contribution in [0.4, 0.5) is 8.78 Å². The van der Waals surface area contributed by atoms with Crippen LogP contribution in [0.15, 0.2) is 0 Å². The van der Waals surface area contributed by atoms with Crippen molar-refractivity contribution in [3.8, 4) is 12.3 Å². The van der Waals surface area contributed by atoms with Crippen LogP contribution in [-0.4, -0.2) is 24.6 Å². The first-order valence-electron chi connectivity index (χ1n) is 13.4. The Balaban J connectivity index is 1.49. The summed E-state index contributed by atoms with van der Waals surface area (Å²) in [6.07, 6.45) is 18.0. The zero-order chi connectivity index (χ0) is 22.2. The molecule has 1 nitrogen and oxygen atoms in total. The fourth-order valence-electron chi connectivity index (χ4n) is 6.74. The lowest BCUT2D eigenvalue weighted by atomic mass is 9.66. The molecule has 0 heterocycles. The molecule has 178 valence electrons. The van der Waals surface area contributed by atoms with E-state index in [1.807, 2.05) is 0 Å². The number of terminal acetylenes is 1. The number of rotatable bonds is 8. The molecular formula is C28H46F2O. The van der Waals surface area contributed by atoms with Gasteiger partial charge in [0.1, 0.15) is 12.3 Å². The molecular weight excluding hydrogens is 390 g/mol. The van der Waals surface area contributed by atoms with Crippen molar-refractivity contribution in [1.82, 2.24) is 0 Å². The van der Waals surface area contributed by atoms with Gasteiger partial charge in [-0.25, -0.2) is 8.78 Å². The van der Waals surface area contributed by atoms with Crippen molar-refractivity contribution in [2.45, 2.75) is 135 Å². The minimum atomic E-state index is -1.54. The Kier molecular flexibility index (Phi) is 10.1. The summed E-state index contributed by atoms with van der Waals surface area (Å²) in [5.41, 5.74) is 0. The Hall–Kier alpha value is -0.620. The number of hydrogen-bond donors (Lipinski definition) is 0. The van der Waals surface area contributed by atoms with Crippen molar-refractivity contribution in [1.29, 1.82) is 0 Å². The van der Waals surface area contributed by atoms with Crippen LogP contribution >= 0.6 is 0 Å². The summed E-state index contributed by atoms with van der Waals surface area (Å²) >= 11 is 0. The average Bonchev–Trinajstić information content (AvgIpc) is 2.93. The molecule has 0 N–H and O–H groups in total. The molecule has 3 rings (SSSR count). The van der Waals surface area contributed by atoms with E-state index in [0.717, 1.165) is 69.1 Å². The second kappa shape index (κ2) is 12.6. The summed E-state index contributed by atoms with van der Waals surface area (Å²) < 4.78 is 36.6. The van der Waals surface area contributed by atoms with E-state index in [4.69, 9.17) is 11.2 Å². The summed E-state index contributed by atoms with van der Waals surface area (Å²) in [7, 11) is 0. The van der Waals surface area contributed by atoms with Gasteiger partial charge in [-0.3, -0.25) is 0 Å².